The normalized spacial score (nSPS) is 9.95. The smallest absolute Gasteiger partial charge is 0.337 e. The van der Waals surface area contributed by atoms with Crippen LogP contribution in [-0.2, 0) is 0 Å². The monoisotopic (exact) mass is 257 g/mol. The van der Waals surface area contributed by atoms with Crippen molar-refractivity contribution >= 4 is 17.3 Å². The molecule has 0 unspecified atom stereocenters. The van der Waals surface area contributed by atoms with E-state index in [4.69, 9.17) is 9.84 Å². The second-order valence-electron chi connectivity index (χ2n) is 3.94. The minimum absolute atomic E-state index is 0.240. The number of rotatable bonds is 5. The molecule has 2 aromatic carbocycles. The van der Waals surface area contributed by atoms with Crippen LogP contribution in [0.3, 0.4) is 0 Å². The van der Waals surface area contributed by atoms with Crippen molar-refractivity contribution in [1.29, 1.82) is 0 Å². The largest absolute Gasteiger partial charge is 0.494 e. The van der Waals surface area contributed by atoms with Gasteiger partial charge in [0.1, 0.15) is 5.75 Å². The number of hydrogen-bond acceptors (Lipinski definition) is 3. The fraction of sp³-hybridized carbons (Fsp3) is 0.133. The van der Waals surface area contributed by atoms with Gasteiger partial charge in [-0.1, -0.05) is 18.2 Å². The van der Waals surface area contributed by atoms with Crippen LogP contribution >= 0.6 is 0 Å². The number of para-hydroxylation sites is 1. The summed E-state index contributed by atoms with van der Waals surface area (Å²) in [5.74, 6) is -0.204. The average molecular weight is 257 g/mol. The molecule has 0 atom stereocenters. The van der Waals surface area contributed by atoms with Gasteiger partial charge in [-0.05, 0) is 31.2 Å². The van der Waals surface area contributed by atoms with Crippen molar-refractivity contribution in [1.82, 2.24) is 0 Å². The molecule has 0 spiro atoms. The topological polar surface area (TPSA) is 58.6 Å². The first-order valence-electron chi connectivity index (χ1n) is 6.03. The van der Waals surface area contributed by atoms with E-state index in [2.05, 4.69) is 5.32 Å². The Balaban J connectivity index is 2.26. The Morgan fingerprint density at radius 2 is 2.00 bits per heavy atom. The lowest BCUT2D eigenvalue weighted by molar-refractivity contribution is 0.0698. The first-order chi connectivity index (χ1) is 9.20. The van der Waals surface area contributed by atoms with Gasteiger partial charge >= 0.3 is 5.97 Å². The molecule has 0 heterocycles. The maximum Gasteiger partial charge on any atom is 0.337 e. The summed E-state index contributed by atoms with van der Waals surface area (Å²) in [6.07, 6.45) is 0. The van der Waals surface area contributed by atoms with Gasteiger partial charge < -0.3 is 15.2 Å². The molecule has 0 bridgehead atoms. The van der Waals surface area contributed by atoms with Gasteiger partial charge in [0.05, 0.1) is 17.9 Å². The minimum Gasteiger partial charge on any atom is -0.494 e. The first-order valence-corrected chi connectivity index (χ1v) is 6.03. The fourth-order valence-electron chi connectivity index (χ4n) is 1.76. The fourth-order valence-corrected chi connectivity index (χ4v) is 1.76. The van der Waals surface area contributed by atoms with Crippen LogP contribution in [0.15, 0.2) is 48.5 Å². The molecule has 0 aromatic heterocycles. The molecule has 19 heavy (non-hydrogen) atoms. The zero-order valence-electron chi connectivity index (χ0n) is 10.6. The van der Waals surface area contributed by atoms with Gasteiger partial charge in [0.2, 0.25) is 0 Å². The summed E-state index contributed by atoms with van der Waals surface area (Å²) in [5, 5.41) is 12.2. The highest BCUT2D eigenvalue weighted by Gasteiger charge is 2.09. The third kappa shape index (κ3) is 3.25. The summed E-state index contributed by atoms with van der Waals surface area (Å²) in [4.78, 5) is 11.1. The van der Waals surface area contributed by atoms with E-state index in [0.29, 0.717) is 12.3 Å². The number of ether oxygens (including phenoxy) is 1. The van der Waals surface area contributed by atoms with E-state index in [1.807, 2.05) is 31.2 Å². The van der Waals surface area contributed by atoms with Gasteiger partial charge in [0.15, 0.2) is 0 Å². The summed E-state index contributed by atoms with van der Waals surface area (Å²) in [6.45, 7) is 2.51. The maximum absolute atomic E-state index is 11.1. The highest BCUT2D eigenvalue weighted by molar-refractivity contribution is 5.95. The summed E-state index contributed by atoms with van der Waals surface area (Å²) in [7, 11) is 0. The number of hydrogen-bond donors (Lipinski definition) is 2. The van der Waals surface area contributed by atoms with E-state index in [1.54, 1.807) is 24.3 Å². The van der Waals surface area contributed by atoms with E-state index < -0.39 is 5.97 Å². The number of carboxylic acid groups (broad SMARTS) is 1. The van der Waals surface area contributed by atoms with Crippen LogP contribution in [0.25, 0.3) is 0 Å². The Bertz CT molecular complexity index is 581. The molecule has 0 aliphatic carbocycles. The molecule has 4 nitrogen and oxygen atoms in total. The number of carboxylic acids is 1. The Labute approximate surface area is 111 Å². The predicted molar refractivity (Wildman–Crippen MR) is 74.3 cm³/mol. The van der Waals surface area contributed by atoms with Crippen LogP contribution < -0.4 is 10.1 Å². The van der Waals surface area contributed by atoms with Crippen molar-refractivity contribution in [2.45, 2.75) is 6.92 Å². The standard InChI is InChI=1S/C15H15NO3/c1-2-19-12-7-5-6-11(10-12)16-14-9-4-3-8-13(14)15(17)18/h3-10,16H,2H2,1H3,(H,17,18). The lowest BCUT2D eigenvalue weighted by Gasteiger charge is -2.11. The highest BCUT2D eigenvalue weighted by atomic mass is 16.5. The van der Waals surface area contributed by atoms with Crippen LogP contribution in [0.4, 0.5) is 11.4 Å². The summed E-state index contributed by atoms with van der Waals surface area (Å²) in [6, 6.07) is 14.2. The van der Waals surface area contributed by atoms with Crippen molar-refractivity contribution in [2.24, 2.45) is 0 Å². The molecule has 2 aromatic rings. The van der Waals surface area contributed by atoms with E-state index >= 15 is 0 Å². The van der Waals surface area contributed by atoms with Gasteiger partial charge in [-0.25, -0.2) is 4.79 Å². The SMILES string of the molecule is CCOc1cccc(Nc2ccccc2C(=O)O)c1. The van der Waals surface area contributed by atoms with Crippen molar-refractivity contribution in [3.63, 3.8) is 0 Å². The van der Waals surface area contributed by atoms with E-state index in [9.17, 15) is 4.79 Å². The van der Waals surface area contributed by atoms with Crippen molar-refractivity contribution in [3.05, 3.63) is 54.1 Å². The van der Waals surface area contributed by atoms with E-state index in [0.717, 1.165) is 11.4 Å². The lowest BCUT2D eigenvalue weighted by Crippen LogP contribution is -2.02. The summed E-state index contributed by atoms with van der Waals surface area (Å²) in [5.41, 5.74) is 1.59. The van der Waals surface area contributed by atoms with E-state index in [-0.39, 0.29) is 5.56 Å². The van der Waals surface area contributed by atoms with Crippen LogP contribution in [0, 0.1) is 0 Å². The molecule has 0 saturated heterocycles. The van der Waals surface area contributed by atoms with Crippen molar-refractivity contribution in [2.75, 3.05) is 11.9 Å². The Morgan fingerprint density at radius 3 is 2.74 bits per heavy atom. The molecule has 2 N–H and O–H groups in total. The molecular weight excluding hydrogens is 242 g/mol. The maximum atomic E-state index is 11.1. The van der Waals surface area contributed by atoms with Crippen LogP contribution in [-0.4, -0.2) is 17.7 Å². The van der Waals surface area contributed by atoms with Crippen LogP contribution in [0.1, 0.15) is 17.3 Å². The zero-order valence-corrected chi connectivity index (χ0v) is 10.6. The molecule has 0 radical (unpaired) electrons. The Morgan fingerprint density at radius 1 is 1.21 bits per heavy atom. The van der Waals surface area contributed by atoms with Gasteiger partial charge in [-0.3, -0.25) is 0 Å². The number of aromatic carboxylic acids is 1. The summed E-state index contributed by atoms with van der Waals surface area (Å²) < 4.78 is 5.41. The molecule has 0 aliphatic rings. The number of nitrogens with one attached hydrogen (secondary N) is 1. The quantitative estimate of drug-likeness (QED) is 0.860. The molecule has 0 saturated carbocycles. The molecule has 0 fully saturated rings. The summed E-state index contributed by atoms with van der Waals surface area (Å²) >= 11 is 0. The lowest BCUT2D eigenvalue weighted by atomic mass is 10.1. The molecule has 98 valence electrons. The Hall–Kier alpha value is -2.49. The first kappa shape index (κ1) is 13.0. The predicted octanol–water partition coefficient (Wildman–Crippen LogP) is 3.53. The van der Waals surface area contributed by atoms with Gasteiger partial charge in [-0.2, -0.15) is 0 Å². The highest BCUT2D eigenvalue weighted by Crippen LogP contribution is 2.24. The molecular formula is C15H15NO3. The van der Waals surface area contributed by atoms with Gasteiger partial charge in [0, 0.05) is 11.8 Å². The third-order valence-electron chi connectivity index (χ3n) is 2.58. The average Bonchev–Trinajstić information content (AvgIpc) is 2.40. The molecule has 4 heteroatoms. The Kier molecular flexibility index (Phi) is 4.03. The zero-order chi connectivity index (χ0) is 13.7. The second-order valence-corrected chi connectivity index (χ2v) is 3.94. The van der Waals surface area contributed by atoms with E-state index in [1.165, 1.54) is 0 Å². The van der Waals surface area contributed by atoms with Crippen LogP contribution in [0.2, 0.25) is 0 Å². The van der Waals surface area contributed by atoms with Crippen molar-refractivity contribution < 1.29 is 14.6 Å². The third-order valence-corrected chi connectivity index (χ3v) is 2.58. The second kappa shape index (κ2) is 5.91. The number of anilines is 2. The van der Waals surface area contributed by atoms with Crippen molar-refractivity contribution in [3.8, 4) is 5.75 Å². The van der Waals surface area contributed by atoms with Gasteiger partial charge in [0.25, 0.3) is 0 Å². The number of benzene rings is 2. The number of carbonyl (C=O) groups is 1. The molecule has 0 aliphatic heterocycles. The molecule has 2 rings (SSSR count). The minimum atomic E-state index is -0.955. The molecule has 0 amide bonds. The van der Waals surface area contributed by atoms with Gasteiger partial charge in [-0.15, -0.1) is 0 Å². The van der Waals surface area contributed by atoms with Crippen LogP contribution in [0.5, 0.6) is 5.75 Å².